The lowest BCUT2D eigenvalue weighted by molar-refractivity contribution is -0.124. The zero-order valence-electron chi connectivity index (χ0n) is 18.1. The van der Waals surface area contributed by atoms with E-state index in [1.807, 2.05) is 19.1 Å². The van der Waals surface area contributed by atoms with E-state index in [9.17, 15) is 14.4 Å². The molecule has 5 heteroatoms. The maximum atomic E-state index is 13.2. The maximum Gasteiger partial charge on any atom is 0.238 e. The van der Waals surface area contributed by atoms with E-state index in [1.54, 1.807) is 43.3 Å². The van der Waals surface area contributed by atoms with Crippen LogP contribution >= 0.6 is 0 Å². The van der Waals surface area contributed by atoms with Gasteiger partial charge in [-0.1, -0.05) is 42.0 Å². The predicted molar refractivity (Wildman–Crippen MR) is 119 cm³/mol. The van der Waals surface area contributed by atoms with Gasteiger partial charge in [0.25, 0.3) is 0 Å². The topological polar surface area (TPSA) is 63.7 Å². The van der Waals surface area contributed by atoms with Gasteiger partial charge >= 0.3 is 0 Å². The molecule has 2 aromatic rings. The highest BCUT2D eigenvalue weighted by Crippen LogP contribution is 2.65. The molecule has 0 aromatic heterocycles. The normalized spacial score (nSPS) is 32.5. The summed E-state index contributed by atoms with van der Waals surface area (Å²) >= 11 is 0. The van der Waals surface area contributed by atoms with Crippen LogP contribution < -0.4 is 9.64 Å². The van der Waals surface area contributed by atoms with Gasteiger partial charge in [0.1, 0.15) is 5.75 Å². The number of benzene rings is 2. The van der Waals surface area contributed by atoms with Crippen molar-refractivity contribution >= 4 is 23.3 Å². The number of anilines is 1. The van der Waals surface area contributed by atoms with E-state index in [0.717, 1.165) is 12.0 Å². The number of nitrogens with zero attached hydrogens (tertiary/aromatic N) is 1. The van der Waals surface area contributed by atoms with Crippen LogP contribution in [0.3, 0.4) is 0 Å². The van der Waals surface area contributed by atoms with E-state index in [4.69, 9.17) is 4.74 Å². The SMILES string of the molecule is Cc1ccc(C(=O)[C@H](C)Oc2ccc(N3C(=O)[C@@H]4[C@H]5C=C[C@@H]([C@@H]6C[C@@H]56)[C@H]4C3=O)cc2)cc1. The highest BCUT2D eigenvalue weighted by Gasteiger charge is 2.67. The molecule has 4 aliphatic carbocycles. The molecular weight excluding hydrogens is 402 g/mol. The number of rotatable bonds is 5. The highest BCUT2D eigenvalue weighted by molar-refractivity contribution is 6.22. The fraction of sp³-hybridized carbons (Fsp3) is 0.370. The first-order chi connectivity index (χ1) is 15.4. The summed E-state index contributed by atoms with van der Waals surface area (Å²) < 4.78 is 5.84. The van der Waals surface area contributed by atoms with Crippen molar-refractivity contribution in [3.8, 4) is 5.75 Å². The lowest BCUT2D eigenvalue weighted by Crippen LogP contribution is -2.40. The second kappa shape index (κ2) is 6.89. The predicted octanol–water partition coefficient (Wildman–Crippen LogP) is 4.20. The molecule has 1 saturated heterocycles. The zero-order valence-corrected chi connectivity index (χ0v) is 18.1. The standard InChI is InChI=1S/C27H25NO4/c1-14-3-5-16(6-4-14)25(29)15(2)32-18-9-7-17(8-10-18)28-26(30)23-19-11-12-20(22-13-21(19)22)24(23)27(28)31/h3-12,15,19-24H,13H2,1-2H3/t15-,19-,20-,21-,22-,23+,24+/m0/s1. The van der Waals surface area contributed by atoms with Gasteiger partial charge in [0.15, 0.2) is 6.10 Å². The number of imide groups is 1. The van der Waals surface area contributed by atoms with Gasteiger partial charge in [-0.3, -0.25) is 19.3 Å². The first-order valence-electron chi connectivity index (χ1n) is 11.4. The van der Waals surface area contributed by atoms with Crippen molar-refractivity contribution in [2.75, 3.05) is 4.90 Å². The quantitative estimate of drug-likeness (QED) is 0.408. The Labute approximate surface area is 187 Å². The van der Waals surface area contributed by atoms with Crippen molar-refractivity contribution in [2.24, 2.45) is 35.5 Å². The Bertz CT molecular complexity index is 1110. The number of ketones is 1. The summed E-state index contributed by atoms with van der Waals surface area (Å²) in [4.78, 5) is 40.5. The average molecular weight is 428 g/mol. The smallest absolute Gasteiger partial charge is 0.238 e. The summed E-state index contributed by atoms with van der Waals surface area (Å²) in [7, 11) is 0. The van der Waals surface area contributed by atoms with E-state index in [2.05, 4.69) is 12.2 Å². The molecule has 0 unspecified atom stereocenters. The second-order valence-corrected chi connectivity index (χ2v) is 9.65. The largest absolute Gasteiger partial charge is 0.483 e. The van der Waals surface area contributed by atoms with Gasteiger partial charge in [0, 0.05) is 5.56 Å². The summed E-state index contributed by atoms with van der Waals surface area (Å²) in [6.45, 7) is 3.70. The third kappa shape index (κ3) is 2.80. The summed E-state index contributed by atoms with van der Waals surface area (Å²) in [6.07, 6.45) is 4.87. The molecule has 5 aliphatic rings. The van der Waals surface area contributed by atoms with Gasteiger partial charge in [-0.25, -0.2) is 0 Å². The molecule has 0 spiro atoms. The fourth-order valence-electron chi connectivity index (χ4n) is 6.10. The first-order valence-corrected chi connectivity index (χ1v) is 11.4. The van der Waals surface area contributed by atoms with Crippen molar-refractivity contribution in [1.82, 2.24) is 0 Å². The molecule has 162 valence electrons. The van der Waals surface area contributed by atoms with Crippen LogP contribution in [-0.4, -0.2) is 23.7 Å². The zero-order chi connectivity index (χ0) is 22.1. The minimum Gasteiger partial charge on any atom is -0.483 e. The number of allylic oxidation sites excluding steroid dienone is 2. The number of carbonyl (C=O) groups excluding carboxylic acids is 3. The third-order valence-corrected chi connectivity index (χ3v) is 7.78. The van der Waals surface area contributed by atoms with Crippen molar-refractivity contribution in [3.05, 3.63) is 71.8 Å². The number of ether oxygens (including phenoxy) is 1. The molecule has 3 fully saturated rings. The Morgan fingerprint density at radius 2 is 1.47 bits per heavy atom. The number of carbonyl (C=O) groups is 3. The van der Waals surface area contributed by atoms with Gasteiger partial charge in [-0.05, 0) is 68.2 Å². The van der Waals surface area contributed by atoms with Crippen LogP contribution in [0, 0.1) is 42.4 Å². The molecule has 2 saturated carbocycles. The Morgan fingerprint density at radius 3 is 2.03 bits per heavy atom. The van der Waals surface area contributed by atoms with Gasteiger partial charge in [-0.2, -0.15) is 0 Å². The Hall–Kier alpha value is -3.21. The van der Waals surface area contributed by atoms with Crippen LogP contribution in [-0.2, 0) is 9.59 Å². The minimum atomic E-state index is -0.644. The number of aryl methyl sites for hydroxylation is 1. The molecule has 2 bridgehead atoms. The van der Waals surface area contributed by atoms with Crippen LogP contribution in [0.15, 0.2) is 60.7 Å². The van der Waals surface area contributed by atoms with Crippen molar-refractivity contribution in [1.29, 1.82) is 0 Å². The summed E-state index contributed by atoms with van der Waals surface area (Å²) in [5.41, 5.74) is 2.28. The number of amides is 2. The van der Waals surface area contributed by atoms with Crippen LogP contribution in [0.25, 0.3) is 0 Å². The molecule has 1 heterocycles. The van der Waals surface area contributed by atoms with E-state index < -0.39 is 6.10 Å². The van der Waals surface area contributed by atoms with Crippen LogP contribution in [0.2, 0.25) is 0 Å². The third-order valence-electron chi connectivity index (χ3n) is 7.78. The fourth-order valence-corrected chi connectivity index (χ4v) is 6.10. The van der Waals surface area contributed by atoms with Crippen molar-refractivity contribution in [3.63, 3.8) is 0 Å². The van der Waals surface area contributed by atoms with E-state index in [0.29, 0.717) is 28.8 Å². The molecule has 2 aromatic carbocycles. The van der Waals surface area contributed by atoms with E-state index in [-0.39, 0.29) is 41.3 Å². The first kappa shape index (κ1) is 19.5. The number of Topliss-reactive ketones (excluding diaryl/α,β-unsaturated/α-hetero) is 1. The Balaban J connectivity index is 1.18. The monoisotopic (exact) mass is 427 g/mol. The lowest BCUT2D eigenvalue weighted by atomic mass is 9.63. The van der Waals surface area contributed by atoms with Gasteiger partial charge in [0.05, 0.1) is 17.5 Å². The average Bonchev–Trinajstić information content (AvgIpc) is 3.58. The lowest BCUT2D eigenvalue weighted by Gasteiger charge is -2.37. The Morgan fingerprint density at radius 1 is 0.906 bits per heavy atom. The van der Waals surface area contributed by atoms with E-state index >= 15 is 0 Å². The highest BCUT2D eigenvalue weighted by atomic mass is 16.5. The summed E-state index contributed by atoms with van der Waals surface area (Å²) in [5.74, 6) is 1.50. The van der Waals surface area contributed by atoms with Crippen molar-refractivity contribution in [2.45, 2.75) is 26.4 Å². The molecule has 0 N–H and O–H groups in total. The maximum absolute atomic E-state index is 13.2. The number of hydrogen-bond donors (Lipinski definition) is 0. The van der Waals surface area contributed by atoms with Gasteiger partial charge in [-0.15, -0.1) is 0 Å². The molecular formula is C27H25NO4. The molecule has 7 rings (SSSR count). The molecule has 2 amide bonds. The summed E-state index contributed by atoms with van der Waals surface area (Å²) in [5, 5.41) is 0. The number of hydrogen-bond acceptors (Lipinski definition) is 4. The molecule has 1 aliphatic heterocycles. The van der Waals surface area contributed by atoms with Crippen molar-refractivity contribution < 1.29 is 19.1 Å². The summed E-state index contributed by atoms with van der Waals surface area (Å²) in [6, 6.07) is 14.3. The van der Waals surface area contributed by atoms with Crippen LogP contribution in [0.4, 0.5) is 5.69 Å². The molecule has 0 radical (unpaired) electrons. The molecule has 5 nitrogen and oxygen atoms in total. The van der Waals surface area contributed by atoms with Crippen LogP contribution in [0.5, 0.6) is 5.75 Å². The van der Waals surface area contributed by atoms with Crippen LogP contribution in [0.1, 0.15) is 29.3 Å². The Kier molecular flexibility index (Phi) is 4.19. The van der Waals surface area contributed by atoms with Gasteiger partial charge < -0.3 is 4.74 Å². The van der Waals surface area contributed by atoms with Gasteiger partial charge in [0.2, 0.25) is 17.6 Å². The minimum absolute atomic E-state index is 0.0683. The molecule has 32 heavy (non-hydrogen) atoms. The second-order valence-electron chi connectivity index (χ2n) is 9.65. The van der Waals surface area contributed by atoms with E-state index in [1.165, 1.54) is 4.90 Å². The molecule has 7 atom stereocenters.